The molecule has 2 aromatic carbocycles. The van der Waals surface area contributed by atoms with Crippen molar-refractivity contribution < 1.29 is 9.53 Å². The molecule has 0 saturated carbocycles. The lowest BCUT2D eigenvalue weighted by atomic mass is 10.3. The van der Waals surface area contributed by atoms with Crippen LogP contribution in [0.5, 0.6) is 11.5 Å². The van der Waals surface area contributed by atoms with E-state index >= 15 is 0 Å². The van der Waals surface area contributed by atoms with Crippen LogP contribution in [0.2, 0.25) is 0 Å². The number of anilines is 1. The van der Waals surface area contributed by atoms with Crippen LogP contribution in [0.15, 0.2) is 77.3 Å². The minimum Gasteiger partial charge on any atom is -0.457 e. The number of thiophene rings is 1. The van der Waals surface area contributed by atoms with E-state index in [9.17, 15) is 4.79 Å². The Balaban J connectivity index is 1.38. The number of hydrogen-bond donors (Lipinski definition) is 1. The zero-order chi connectivity index (χ0) is 21.6. The number of carbonyl (C=O) groups excluding carboxylic acids is 1. The predicted molar refractivity (Wildman–Crippen MR) is 126 cm³/mol. The third-order valence-electron chi connectivity index (χ3n) is 4.53. The molecule has 0 aliphatic rings. The SMILES string of the molecule is CCn1c(SC(C)C(=O)Nc2ccc(Oc3ccccc3)cc2)nnc1-c1cccs1. The summed E-state index contributed by atoms with van der Waals surface area (Å²) in [6.07, 6.45) is 0. The van der Waals surface area contributed by atoms with Gasteiger partial charge < -0.3 is 14.6 Å². The topological polar surface area (TPSA) is 69.0 Å². The van der Waals surface area contributed by atoms with Gasteiger partial charge in [0.15, 0.2) is 11.0 Å². The second kappa shape index (κ2) is 9.80. The molecule has 1 unspecified atom stereocenters. The quantitative estimate of drug-likeness (QED) is 0.337. The zero-order valence-corrected chi connectivity index (χ0v) is 18.8. The number of rotatable bonds is 8. The molecule has 1 N–H and O–H groups in total. The molecule has 31 heavy (non-hydrogen) atoms. The summed E-state index contributed by atoms with van der Waals surface area (Å²) < 4.78 is 7.83. The van der Waals surface area contributed by atoms with E-state index in [2.05, 4.69) is 15.5 Å². The fourth-order valence-electron chi connectivity index (χ4n) is 2.94. The molecular weight excluding hydrogens is 428 g/mol. The van der Waals surface area contributed by atoms with Crippen molar-refractivity contribution in [1.82, 2.24) is 14.8 Å². The Bertz CT molecular complexity index is 1130. The number of ether oxygens (including phenoxy) is 1. The van der Waals surface area contributed by atoms with E-state index in [0.717, 1.165) is 28.2 Å². The number of para-hydroxylation sites is 1. The molecule has 0 fully saturated rings. The summed E-state index contributed by atoms with van der Waals surface area (Å²) in [6.45, 7) is 4.65. The van der Waals surface area contributed by atoms with Crippen LogP contribution < -0.4 is 10.1 Å². The number of aromatic nitrogens is 3. The maximum atomic E-state index is 12.7. The molecule has 0 bridgehead atoms. The monoisotopic (exact) mass is 450 g/mol. The minimum absolute atomic E-state index is 0.0925. The summed E-state index contributed by atoms with van der Waals surface area (Å²) in [4.78, 5) is 13.8. The van der Waals surface area contributed by atoms with Crippen molar-refractivity contribution in [2.45, 2.75) is 30.8 Å². The van der Waals surface area contributed by atoms with E-state index in [1.807, 2.05) is 90.5 Å². The Morgan fingerprint density at radius 3 is 2.48 bits per heavy atom. The normalized spacial score (nSPS) is 11.8. The first-order chi connectivity index (χ1) is 15.1. The molecule has 1 amide bonds. The summed E-state index contributed by atoms with van der Waals surface area (Å²) in [5, 5.41) is 14.0. The maximum absolute atomic E-state index is 12.7. The Hall–Kier alpha value is -3.10. The fraction of sp³-hybridized carbons (Fsp3) is 0.174. The molecule has 8 heteroatoms. The molecule has 0 aliphatic heterocycles. The van der Waals surface area contributed by atoms with Crippen molar-refractivity contribution in [3.05, 3.63) is 72.1 Å². The minimum atomic E-state index is -0.328. The second-order valence-electron chi connectivity index (χ2n) is 6.72. The molecule has 0 aliphatic carbocycles. The molecule has 1 atom stereocenters. The van der Waals surface area contributed by atoms with Crippen LogP contribution in [-0.4, -0.2) is 25.9 Å². The molecule has 4 aromatic rings. The van der Waals surface area contributed by atoms with Crippen LogP contribution in [0.3, 0.4) is 0 Å². The lowest BCUT2D eigenvalue weighted by molar-refractivity contribution is -0.115. The zero-order valence-electron chi connectivity index (χ0n) is 17.2. The second-order valence-corrected chi connectivity index (χ2v) is 8.97. The van der Waals surface area contributed by atoms with Gasteiger partial charge in [-0.15, -0.1) is 21.5 Å². The number of amides is 1. The van der Waals surface area contributed by atoms with Gasteiger partial charge in [0.1, 0.15) is 11.5 Å². The average molecular weight is 451 g/mol. The predicted octanol–water partition coefficient (Wildman–Crippen LogP) is 5.94. The van der Waals surface area contributed by atoms with Crippen molar-refractivity contribution in [3.63, 3.8) is 0 Å². The Morgan fingerprint density at radius 2 is 1.81 bits per heavy atom. The van der Waals surface area contributed by atoms with Crippen molar-refractivity contribution in [1.29, 1.82) is 0 Å². The van der Waals surface area contributed by atoms with Crippen molar-refractivity contribution in [2.24, 2.45) is 0 Å². The van der Waals surface area contributed by atoms with Crippen LogP contribution in [0.1, 0.15) is 13.8 Å². The number of nitrogens with one attached hydrogen (secondary N) is 1. The molecule has 4 rings (SSSR count). The summed E-state index contributed by atoms with van der Waals surface area (Å²) in [7, 11) is 0. The molecule has 2 aromatic heterocycles. The van der Waals surface area contributed by atoms with Crippen LogP contribution in [-0.2, 0) is 11.3 Å². The maximum Gasteiger partial charge on any atom is 0.237 e. The van der Waals surface area contributed by atoms with Gasteiger partial charge in [0.05, 0.1) is 10.1 Å². The van der Waals surface area contributed by atoms with Gasteiger partial charge in [-0.05, 0) is 61.7 Å². The number of nitrogens with zero attached hydrogens (tertiary/aromatic N) is 3. The van der Waals surface area contributed by atoms with Gasteiger partial charge in [-0.1, -0.05) is 36.0 Å². The van der Waals surface area contributed by atoms with Gasteiger partial charge in [0, 0.05) is 12.2 Å². The Kier molecular flexibility index (Phi) is 6.69. The fourth-order valence-corrected chi connectivity index (χ4v) is 4.57. The molecule has 0 radical (unpaired) electrons. The lowest BCUT2D eigenvalue weighted by Crippen LogP contribution is -2.22. The van der Waals surface area contributed by atoms with Crippen molar-refractivity contribution in [3.8, 4) is 22.2 Å². The lowest BCUT2D eigenvalue weighted by Gasteiger charge is -2.13. The first-order valence-corrected chi connectivity index (χ1v) is 11.7. The molecule has 158 valence electrons. The molecular formula is C23H22N4O2S2. The van der Waals surface area contributed by atoms with Crippen LogP contribution in [0.25, 0.3) is 10.7 Å². The summed E-state index contributed by atoms with van der Waals surface area (Å²) in [6, 6.07) is 20.9. The first-order valence-electron chi connectivity index (χ1n) is 9.91. The molecule has 2 heterocycles. The summed E-state index contributed by atoms with van der Waals surface area (Å²) in [5.41, 5.74) is 0.717. The third-order valence-corrected chi connectivity index (χ3v) is 6.47. The highest BCUT2D eigenvalue weighted by molar-refractivity contribution is 8.00. The number of benzene rings is 2. The van der Waals surface area contributed by atoms with E-state index < -0.39 is 0 Å². The van der Waals surface area contributed by atoms with Gasteiger partial charge in [0.2, 0.25) is 5.91 Å². The van der Waals surface area contributed by atoms with Crippen LogP contribution >= 0.6 is 23.1 Å². The van der Waals surface area contributed by atoms with Gasteiger partial charge in [0.25, 0.3) is 0 Å². The Labute approximate surface area is 189 Å². The van der Waals surface area contributed by atoms with Crippen LogP contribution in [0.4, 0.5) is 5.69 Å². The average Bonchev–Trinajstić information content (AvgIpc) is 3.45. The molecule has 6 nitrogen and oxygen atoms in total. The highest BCUT2D eigenvalue weighted by atomic mass is 32.2. The standard InChI is InChI=1S/C23H22N4O2S2/c1-3-27-21(20-10-7-15-30-20)25-26-23(27)31-16(2)22(28)24-17-11-13-19(14-12-17)29-18-8-5-4-6-9-18/h4-16H,3H2,1-2H3,(H,24,28). The largest absolute Gasteiger partial charge is 0.457 e. The summed E-state index contributed by atoms with van der Waals surface area (Å²) >= 11 is 3.03. The smallest absolute Gasteiger partial charge is 0.237 e. The number of thioether (sulfide) groups is 1. The first kappa shape index (κ1) is 21.1. The highest BCUT2D eigenvalue weighted by Crippen LogP contribution is 2.29. The van der Waals surface area contributed by atoms with Crippen molar-refractivity contribution >= 4 is 34.7 Å². The summed E-state index contributed by atoms with van der Waals surface area (Å²) in [5.74, 6) is 2.22. The number of hydrogen-bond acceptors (Lipinski definition) is 6. The van der Waals surface area contributed by atoms with Gasteiger partial charge in [-0.2, -0.15) is 0 Å². The van der Waals surface area contributed by atoms with Gasteiger partial charge in [-0.3, -0.25) is 4.79 Å². The molecule has 0 spiro atoms. The number of carbonyl (C=O) groups is 1. The molecule has 0 saturated heterocycles. The van der Waals surface area contributed by atoms with Crippen molar-refractivity contribution in [2.75, 3.05) is 5.32 Å². The van der Waals surface area contributed by atoms with E-state index in [-0.39, 0.29) is 11.2 Å². The Morgan fingerprint density at radius 1 is 1.06 bits per heavy atom. The van der Waals surface area contributed by atoms with E-state index in [4.69, 9.17) is 4.74 Å². The van der Waals surface area contributed by atoms with E-state index in [1.165, 1.54) is 11.8 Å². The van der Waals surface area contributed by atoms with Crippen LogP contribution in [0, 0.1) is 0 Å². The van der Waals surface area contributed by atoms with Gasteiger partial charge >= 0.3 is 0 Å². The van der Waals surface area contributed by atoms with Gasteiger partial charge in [-0.25, -0.2) is 0 Å². The van der Waals surface area contributed by atoms with E-state index in [0.29, 0.717) is 11.4 Å². The highest BCUT2D eigenvalue weighted by Gasteiger charge is 2.20. The van der Waals surface area contributed by atoms with E-state index in [1.54, 1.807) is 11.3 Å². The third kappa shape index (κ3) is 5.15.